The number of nitrogens with one attached hydrogen (secondary N) is 1. The largest absolute Gasteiger partial charge is 0.463 e. The molecule has 0 saturated carbocycles. The Bertz CT molecular complexity index is 428. The van der Waals surface area contributed by atoms with Crippen molar-refractivity contribution in [2.24, 2.45) is 5.92 Å². The quantitative estimate of drug-likeness (QED) is 0.870. The molecule has 4 heteroatoms. The first kappa shape index (κ1) is 15.1. The van der Waals surface area contributed by atoms with Gasteiger partial charge in [-0.1, -0.05) is 19.8 Å². The van der Waals surface area contributed by atoms with Crippen LogP contribution in [0.25, 0.3) is 0 Å². The molecule has 0 aromatic carbocycles. The molecule has 2 rings (SSSR count). The molecule has 1 aliphatic rings. The molecule has 1 unspecified atom stereocenters. The van der Waals surface area contributed by atoms with Gasteiger partial charge in [0.05, 0.1) is 13.1 Å². The maximum Gasteiger partial charge on any atom is 0.222 e. The lowest BCUT2D eigenvalue weighted by Gasteiger charge is -2.19. The Morgan fingerprint density at radius 2 is 2.15 bits per heavy atom. The summed E-state index contributed by atoms with van der Waals surface area (Å²) >= 11 is 0. The zero-order valence-electron chi connectivity index (χ0n) is 12.7. The molecule has 1 amide bonds. The highest BCUT2D eigenvalue weighted by molar-refractivity contribution is 5.76. The van der Waals surface area contributed by atoms with Gasteiger partial charge in [-0.3, -0.25) is 4.79 Å². The van der Waals surface area contributed by atoms with Gasteiger partial charge in [0.15, 0.2) is 0 Å². The van der Waals surface area contributed by atoms with Crippen LogP contribution in [-0.2, 0) is 17.9 Å². The van der Waals surface area contributed by atoms with Crippen LogP contribution >= 0.6 is 0 Å². The van der Waals surface area contributed by atoms with Crippen molar-refractivity contribution in [1.82, 2.24) is 10.2 Å². The first-order valence-corrected chi connectivity index (χ1v) is 7.73. The molecule has 1 aromatic heterocycles. The summed E-state index contributed by atoms with van der Waals surface area (Å²) in [5.74, 6) is 2.80. The number of carbonyl (C=O) groups excluding carboxylic acids is 1. The number of likely N-dealkylation sites (tertiary alicyclic amines) is 1. The number of hydrogen-bond acceptors (Lipinski definition) is 3. The number of carbonyl (C=O) groups is 1. The fourth-order valence-electron chi connectivity index (χ4n) is 2.92. The molecule has 4 nitrogen and oxygen atoms in total. The Labute approximate surface area is 121 Å². The van der Waals surface area contributed by atoms with Crippen molar-refractivity contribution in [3.8, 4) is 0 Å². The van der Waals surface area contributed by atoms with E-state index in [1.165, 1.54) is 12.8 Å². The van der Waals surface area contributed by atoms with Gasteiger partial charge in [0, 0.05) is 13.0 Å². The van der Waals surface area contributed by atoms with Crippen LogP contribution < -0.4 is 5.32 Å². The molecule has 1 aliphatic heterocycles. The molecule has 1 saturated heterocycles. The van der Waals surface area contributed by atoms with E-state index in [2.05, 4.69) is 12.2 Å². The van der Waals surface area contributed by atoms with Crippen LogP contribution in [0.5, 0.6) is 0 Å². The minimum absolute atomic E-state index is 0.273. The first-order chi connectivity index (χ1) is 9.72. The average molecular weight is 278 g/mol. The number of amides is 1. The summed E-state index contributed by atoms with van der Waals surface area (Å²) in [5, 5.41) is 3.07. The summed E-state index contributed by atoms with van der Waals surface area (Å²) in [6.07, 6.45) is 5.32. The smallest absolute Gasteiger partial charge is 0.222 e. The van der Waals surface area contributed by atoms with Crippen LogP contribution in [0, 0.1) is 5.92 Å². The number of hydrogen-bond donors (Lipinski definition) is 1. The van der Waals surface area contributed by atoms with Crippen molar-refractivity contribution in [1.29, 1.82) is 0 Å². The number of rotatable bonds is 6. The van der Waals surface area contributed by atoms with E-state index in [9.17, 15) is 4.79 Å². The molecule has 0 bridgehead atoms. The van der Waals surface area contributed by atoms with Crippen molar-refractivity contribution in [2.45, 2.75) is 52.1 Å². The van der Waals surface area contributed by atoms with Crippen LogP contribution in [-0.4, -0.2) is 24.4 Å². The molecular weight excluding hydrogens is 252 g/mol. The summed E-state index contributed by atoms with van der Waals surface area (Å²) in [6, 6.07) is 3.96. The summed E-state index contributed by atoms with van der Waals surface area (Å²) in [5.41, 5.74) is 0. The maximum atomic E-state index is 12.2. The summed E-state index contributed by atoms with van der Waals surface area (Å²) < 4.78 is 5.73. The first-order valence-electron chi connectivity index (χ1n) is 7.73. The van der Waals surface area contributed by atoms with E-state index in [4.69, 9.17) is 4.42 Å². The lowest BCUT2D eigenvalue weighted by atomic mass is 9.96. The van der Waals surface area contributed by atoms with Crippen molar-refractivity contribution in [3.05, 3.63) is 23.7 Å². The SMILES string of the molecule is CCCC1CCC(=O)N(Cc2ccc(CNC)o2)CC1. The Balaban J connectivity index is 1.91. The van der Waals surface area contributed by atoms with Gasteiger partial charge in [-0.25, -0.2) is 0 Å². The van der Waals surface area contributed by atoms with Crippen LogP contribution in [0.1, 0.15) is 50.5 Å². The minimum Gasteiger partial charge on any atom is -0.463 e. The van der Waals surface area contributed by atoms with E-state index in [1.54, 1.807) is 0 Å². The highest BCUT2D eigenvalue weighted by Gasteiger charge is 2.22. The van der Waals surface area contributed by atoms with E-state index in [-0.39, 0.29) is 5.91 Å². The van der Waals surface area contributed by atoms with Gasteiger partial charge in [-0.2, -0.15) is 0 Å². The molecular formula is C16H26N2O2. The third-order valence-electron chi connectivity index (χ3n) is 4.04. The fraction of sp³-hybridized carbons (Fsp3) is 0.688. The predicted molar refractivity (Wildman–Crippen MR) is 79.1 cm³/mol. The van der Waals surface area contributed by atoms with Crippen molar-refractivity contribution in [2.75, 3.05) is 13.6 Å². The fourth-order valence-corrected chi connectivity index (χ4v) is 2.92. The zero-order valence-corrected chi connectivity index (χ0v) is 12.7. The van der Waals surface area contributed by atoms with Gasteiger partial charge in [0.25, 0.3) is 0 Å². The Kier molecular flexibility index (Phi) is 5.65. The van der Waals surface area contributed by atoms with Crippen LogP contribution in [0.3, 0.4) is 0 Å². The van der Waals surface area contributed by atoms with Gasteiger partial charge in [0.2, 0.25) is 5.91 Å². The Morgan fingerprint density at radius 1 is 1.35 bits per heavy atom. The zero-order chi connectivity index (χ0) is 14.4. The molecule has 1 fully saturated rings. The molecule has 1 atom stereocenters. The van der Waals surface area contributed by atoms with Crippen molar-refractivity contribution in [3.63, 3.8) is 0 Å². The molecule has 0 spiro atoms. The summed E-state index contributed by atoms with van der Waals surface area (Å²) in [4.78, 5) is 14.1. The summed E-state index contributed by atoms with van der Waals surface area (Å²) in [7, 11) is 1.90. The van der Waals surface area contributed by atoms with Crippen LogP contribution in [0.4, 0.5) is 0 Å². The third kappa shape index (κ3) is 4.10. The van der Waals surface area contributed by atoms with E-state index < -0.39 is 0 Å². The lowest BCUT2D eigenvalue weighted by Crippen LogP contribution is -2.29. The number of furan rings is 1. The van der Waals surface area contributed by atoms with E-state index in [1.807, 2.05) is 24.1 Å². The van der Waals surface area contributed by atoms with Crippen molar-refractivity contribution >= 4 is 5.91 Å². The van der Waals surface area contributed by atoms with Crippen LogP contribution in [0.15, 0.2) is 16.5 Å². The minimum atomic E-state index is 0.273. The third-order valence-corrected chi connectivity index (χ3v) is 4.04. The second-order valence-corrected chi connectivity index (χ2v) is 5.70. The van der Waals surface area contributed by atoms with E-state index >= 15 is 0 Å². The standard InChI is InChI=1S/C16H26N2O2/c1-3-4-13-5-8-16(19)18(10-9-13)12-15-7-6-14(20-15)11-17-2/h6-7,13,17H,3-5,8-12H2,1-2H3. The van der Waals surface area contributed by atoms with Gasteiger partial charge >= 0.3 is 0 Å². The molecule has 20 heavy (non-hydrogen) atoms. The highest BCUT2D eigenvalue weighted by atomic mass is 16.3. The second kappa shape index (κ2) is 7.48. The van der Waals surface area contributed by atoms with Gasteiger partial charge in [-0.05, 0) is 37.9 Å². The maximum absolute atomic E-state index is 12.2. The van der Waals surface area contributed by atoms with E-state index in [0.29, 0.717) is 18.9 Å². The van der Waals surface area contributed by atoms with E-state index in [0.717, 1.165) is 37.5 Å². The molecule has 2 heterocycles. The van der Waals surface area contributed by atoms with Crippen LogP contribution in [0.2, 0.25) is 0 Å². The Hall–Kier alpha value is -1.29. The van der Waals surface area contributed by atoms with Crippen molar-refractivity contribution < 1.29 is 9.21 Å². The average Bonchev–Trinajstić information content (AvgIpc) is 2.80. The topological polar surface area (TPSA) is 45.5 Å². The Morgan fingerprint density at radius 3 is 2.90 bits per heavy atom. The monoisotopic (exact) mass is 278 g/mol. The summed E-state index contributed by atoms with van der Waals surface area (Å²) in [6.45, 7) is 4.43. The molecule has 1 N–H and O–H groups in total. The highest BCUT2D eigenvalue weighted by Crippen LogP contribution is 2.24. The molecule has 112 valence electrons. The molecule has 1 aromatic rings. The predicted octanol–water partition coefficient (Wildman–Crippen LogP) is 2.93. The van der Waals surface area contributed by atoms with Gasteiger partial charge in [0.1, 0.15) is 11.5 Å². The molecule has 0 radical (unpaired) electrons. The number of nitrogens with zero attached hydrogens (tertiary/aromatic N) is 1. The normalized spacial score (nSPS) is 20.2. The lowest BCUT2D eigenvalue weighted by molar-refractivity contribution is -0.131. The second-order valence-electron chi connectivity index (χ2n) is 5.70. The van der Waals surface area contributed by atoms with Gasteiger partial charge < -0.3 is 14.6 Å². The van der Waals surface area contributed by atoms with Gasteiger partial charge in [-0.15, -0.1) is 0 Å². The molecule has 0 aliphatic carbocycles.